The first-order chi connectivity index (χ1) is 8.72. The smallest absolute Gasteiger partial charge is 0.238 e. The van der Waals surface area contributed by atoms with Gasteiger partial charge in [-0.3, -0.25) is 9.69 Å². The fourth-order valence-electron chi connectivity index (χ4n) is 1.98. The first-order valence-electron chi connectivity index (χ1n) is 5.60. The van der Waals surface area contributed by atoms with E-state index in [1.54, 1.807) is 18.4 Å². The summed E-state index contributed by atoms with van der Waals surface area (Å²) in [7, 11) is 0. The maximum atomic E-state index is 10.7. The molecular weight excluding hydrogens is 236 g/mol. The van der Waals surface area contributed by atoms with E-state index < -0.39 is 0 Å². The maximum Gasteiger partial charge on any atom is 0.238 e. The molecule has 0 bridgehead atoms. The number of primary amides is 1. The molecule has 0 aliphatic carbocycles. The van der Waals surface area contributed by atoms with E-state index in [9.17, 15) is 4.79 Å². The summed E-state index contributed by atoms with van der Waals surface area (Å²) in [5, 5.41) is 3.86. The van der Waals surface area contributed by atoms with Crippen molar-refractivity contribution in [1.82, 2.24) is 15.0 Å². The highest BCUT2D eigenvalue weighted by molar-refractivity contribution is 5.76. The highest BCUT2D eigenvalue weighted by Crippen LogP contribution is 2.27. The Hall–Kier alpha value is -2.15. The lowest BCUT2D eigenvalue weighted by molar-refractivity contribution is -0.120. The molecule has 3 heterocycles. The zero-order valence-electron chi connectivity index (χ0n) is 9.57. The van der Waals surface area contributed by atoms with Crippen LogP contribution in [0.25, 0.3) is 11.6 Å². The minimum atomic E-state index is -0.324. The Morgan fingerprint density at radius 2 is 2.39 bits per heavy atom. The Balaban J connectivity index is 1.64. The van der Waals surface area contributed by atoms with E-state index in [1.165, 1.54) is 0 Å². The van der Waals surface area contributed by atoms with Crippen LogP contribution in [0.5, 0.6) is 0 Å². The second kappa shape index (κ2) is 4.26. The van der Waals surface area contributed by atoms with E-state index in [2.05, 4.69) is 10.1 Å². The SMILES string of the molecule is NC(=O)CN1CC(c2nc(-c3ccco3)no2)C1. The Bertz CT molecular complexity index is 542. The van der Waals surface area contributed by atoms with Gasteiger partial charge in [0.25, 0.3) is 0 Å². The number of hydrogen-bond acceptors (Lipinski definition) is 6. The van der Waals surface area contributed by atoms with Crippen molar-refractivity contribution in [1.29, 1.82) is 0 Å². The van der Waals surface area contributed by atoms with E-state index in [0.29, 0.717) is 30.6 Å². The van der Waals surface area contributed by atoms with E-state index in [4.69, 9.17) is 14.7 Å². The zero-order chi connectivity index (χ0) is 12.5. The molecule has 3 rings (SSSR count). The number of likely N-dealkylation sites (tertiary alicyclic amines) is 1. The van der Waals surface area contributed by atoms with Gasteiger partial charge in [0.2, 0.25) is 17.6 Å². The second-order valence-electron chi connectivity index (χ2n) is 4.29. The van der Waals surface area contributed by atoms with Gasteiger partial charge in [-0.15, -0.1) is 0 Å². The van der Waals surface area contributed by atoms with E-state index in [-0.39, 0.29) is 18.4 Å². The molecule has 2 aromatic heterocycles. The standard InChI is InChI=1S/C11H12N4O3/c12-9(16)6-15-4-7(5-15)11-13-10(14-18-11)8-2-1-3-17-8/h1-3,7H,4-6H2,(H2,12,16). The Labute approximate surface area is 103 Å². The third-order valence-electron chi connectivity index (χ3n) is 2.87. The third-order valence-corrected chi connectivity index (χ3v) is 2.87. The summed E-state index contributed by atoms with van der Waals surface area (Å²) >= 11 is 0. The van der Waals surface area contributed by atoms with Crippen LogP contribution in [0.4, 0.5) is 0 Å². The number of aromatic nitrogens is 2. The molecule has 0 radical (unpaired) electrons. The van der Waals surface area contributed by atoms with Gasteiger partial charge in [-0.1, -0.05) is 5.16 Å². The first-order valence-corrected chi connectivity index (χ1v) is 5.60. The topological polar surface area (TPSA) is 98.4 Å². The van der Waals surface area contributed by atoms with Crippen molar-refractivity contribution in [3.63, 3.8) is 0 Å². The molecule has 18 heavy (non-hydrogen) atoms. The summed E-state index contributed by atoms with van der Waals surface area (Å²) in [6.07, 6.45) is 1.56. The lowest BCUT2D eigenvalue weighted by atomic mass is 10.0. The predicted octanol–water partition coefficient (Wildman–Crippen LogP) is 0.214. The van der Waals surface area contributed by atoms with Crippen LogP contribution in [0.2, 0.25) is 0 Å². The molecule has 2 aromatic rings. The number of rotatable bonds is 4. The molecule has 0 unspecified atom stereocenters. The van der Waals surface area contributed by atoms with Crippen molar-refractivity contribution >= 4 is 5.91 Å². The molecule has 1 aliphatic rings. The molecule has 0 atom stereocenters. The number of nitrogens with two attached hydrogens (primary N) is 1. The molecule has 1 aliphatic heterocycles. The number of nitrogens with zero attached hydrogens (tertiary/aromatic N) is 3. The van der Waals surface area contributed by atoms with E-state index >= 15 is 0 Å². The van der Waals surface area contributed by atoms with Crippen molar-refractivity contribution in [2.75, 3.05) is 19.6 Å². The van der Waals surface area contributed by atoms with Crippen LogP contribution < -0.4 is 5.73 Å². The minimum absolute atomic E-state index is 0.167. The van der Waals surface area contributed by atoms with Gasteiger partial charge >= 0.3 is 0 Å². The Morgan fingerprint density at radius 1 is 1.56 bits per heavy atom. The fraction of sp³-hybridized carbons (Fsp3) is 0.364. The fourth-order valence-corrected chi connectivity index (χ4v) is 1.98. The van der Waals surface area contributed by atoms with Crippen molar-refractivity contribution in [3.8, 4) is 11.6 Å². The van der Waals surface area contributed by atoms with Gasteiger partial charge in [-0.2, -0.15) is 4.98 Å². The van der Waals surface area contributed by atoms with Crippen LogP contribution in [0.15, 0.2) is 27.3 Å². The van der Waals surface area contributed by atoms with Gasteiger partial charge in [0.05, 0.1) is 18.7 Å². The summed E-state index contributed by atoms with van der Waals surface area (Å²) in [5.74, 6) is 1.44. The predicted molar refractivity (Wildman–Crippen MR) is 60.4 cm³/mol. The zero-order valence-corrected chi connectivity index (χ0v) is 9.57. The average molecular weight is 248 g/mol. The second-order valence-corrected chi connectivity index (χ2v) is 4.29. The van der Waals surface area contributed by atoms with Crippen LogP contribution in [-0.4, -0.2) is 40.6 Å². The summed E-state index contributed by atoms with van der Waals surface area (Å²) in [4.78, 5) is 16.9. The van der Waals surface area contributed by atoms with Gasteiger partial charge in [-0.25, -0.2) is 0 Å². The first kappa shape index (κ1) is 11.0. The minimum Gasteiger partial charge on any atom is -0.461 e. The number of amides is 1. The van der Waals surface area contributed by atoms with Crippen molar-refractivity contribution in [3.05, 3.63) is 24.3 Å². The maximum absolute atomic E-state index is 10.7. The molecule has 0 spiro atoms. The number of carbonyl (C=O) groups excluding carboxylic acids is 1. The third kappa shape index (κ3) is 2.00. The lowest BCUT2D eigenvalue weighted by Crippen LogP contribution is -2.48. The molecule has 7 nitrogen and oxygen atoms in total. The highest BCUT2D eigenvalue weighted by atomic mass is 16.5. The Kier molecular flexibility index (Phi) is 2.60. The molecule has 0 aromatic carbocycles. The molecule has 1 saturated heterocycles. The van der Waals surface area contributed by atoms with Crippen molar-refractivity contribution in [2.24, 2.45) is 5.73 Å². The normalized spacial score (nSPS) is 16.7. The van der Waals surface area contributed by atoms with Crippen molar-refractivity contribution in [2.45, 2.75) is 5.92 Å². The highest BCUT2D eigenvalue weighted by Gasteiger charge is 2.33. The molecule has 94 valence electrons. The largest absolute Gasteiger partial charge is 0.461 e. The van der Waals surface area contributed by atoms with E-state index in [1.807, 2.05) is 4.90 Å². The number of hydrogen-bond donors (Lipinski definition) is 1. The quantitative estimate of drug-likeness (QED) is 0.830. The molecule has 7 heteroatoms. The van der Waals surface area contributed by atoms with Gasteiger partial charge in [0.15, 0.2) is 5.76 Å². The lowest BCUT2D eigenvalue weighted by Gasteiger charge is -2.35. The summed E-state index contributed by atoms with van der Waals surface area (Å²) < 4.78 is 10.4. The van der Waals surface area contributed by atoms with Crippen LogP contribution >= 0.6 is 0 Å². The molecule has 1 fully saturated rings. The summed E-state index contributed by atoms with van der Waals surface area (Å²) in [5.41, 5.74) is 5.11. The van der Waals surface area contributed by atoms with Gasteiger partial charge in [0.1, 0.15) is 0 Å². The number of carbonyl (C=O) groups is 1. The van der Waals surface area contributed by atoms with Gasteiger partial charge in [0, 0.05) is 13.1 Å². The number of furan rings is 1. The molecular formula is C11H12N4O3. The summed E-state index contributed by atoms with van der Waals surface area (Å²) in [6, 6.07) is 3.54. The van der Waals surface area contributed by atoms with Crippen LogP contribution in [0.1, 0.15) is 11.8 Å². The molecule has 1 amide bonds. The van der Waals surface area contributed by atoms with Gasteiger partial charge in [-0.05, 0) is 12.1 Å². The average Bonchev–Trinajstić information content (AvgIpc) is 2.92. The molecule has 0 saturated carbocycles. The molecule has 2 N–H and O–H groups in total. The van der Waals surface area contributed by atoms with Gasteiger partial charge < -0.3 is 14.7 Å². The Morgan fingerprint density at radius 3 is 3.06 bits per heavy atom. The monoisotopic (exact) mass is 248 g/mol. The van der Waals surface area contributed by atoms with E-state index in [0.717, 1.165) is 0 Å². The van der Waals surface area contributed by atoms with Crippen LogP contribution in [-0.2, 0) is 4.79 Å². The summed E-state index contributed by atoms with van der Waals surface area (Å²) in [6.45, 7) is 1.70. The van der Waals surface area contributed by atoms with Crippen LogP contribution in [0, 0.1) is 0 Å². The van der Waals surface area contributed by atoms with Crippen LogP contribution in [0.3, 0.4) is 0 Å². The van der Waals surface area contributed by atoms with Crippen molar-refractivity contribution < 1.29 is 13.7 Å².